The van der Waals surface area contributed by atoms with E-state index >= 15 is 0 Å². The first kappa shape index (κ1) is 29.4. The van der Waals surface area contributed by atoms with E-state index in [1.807, 2.05) is 6.07 Å². The molecule has 238 valence electrons. The third-order valence-electron chi connectivity index (χ3n) is 9.50. The van der Waals surface area contributed by atoms with Gasteiger partial charge in [-0.3, -0.25) is 0 Å². The molecule has 0 unspecified atom stereocenters. The number of rotatable bonds is 5. The lowest BCUT2D eigenvalue weighted by atomic mass is 9.99. The highest BCUT2D eigenvalue weighted by molar-refractivity contribution is 7.22. The maximum Gasteiger partial charge on any atom is 0.164 e. The van der Waals surface area contributed by atoms with Crippen LogP contribution in [0.4, 0.5) is 0 Å². The van der Waals surface area contributed by atoms with Crippen molar-refractivity contribution in [2.45, 2.75) is 0 Å². The van der Waals surface area contributed by atoms with Gasteiger partial charge in [-0.2, -0.15) is 0 Å². The summed E-state index contributed by atoms with van der Waals surface area (Å²) in [5.41, 5.74) is 7.22. The smallest absolute Gasteiger partial charge is 0.164 e. The Labute approximate surface area is 298 Å². The summed E-state index contributed by atoms with van der Waals surface area (Å²) in [6.07, 6.45) is 0. The highest BCUT2D eigenvalue weighted by atomic mass is 32.1. The van der Waals surface area contributed by atoms with Gasteiger partial charge in [-0.15, -0.1) is 11.3 Å². The third kappa shape index (κ3) is 5.41. The van der Waals surface area contributed by atoms with Gasteiger partial charge in [0, 0.05) is 27.6 Å². The summed E-state index contributed by atoms with van der Waals surface area (Å²) in [6.45, 7) is 0. The number of fused-ring (bicyclic) bond motifs is 5. The largest absolute Gasteiger partial charge is 0.236 e. The van der Waals surface area contributed by atoms with E-state index < -0.39 is 0 Å². The van der Waals surface area contributed by atoms with Gasteiger partial charge in [-0.1, -0.05) is 140 Å². The molecule has 0 spiro atoms. The van der Waals surface area contributed by atoms with Crippen LogP contribution in [0.25, 0.3) is 98.4 Å². The van der Waals surface area contributed by atoms with Crippen molar-refractivity contribution in [3.05, 3.63) is 170 Å². The minimum atomic E-state index is 0.635. The number of aromatic nitrogens is 4. The lowest BCUT2D eigenvalue weighted by Crippen LogP contribution is -2.00. The molecule has 4 nitrogen and oxygen atoms in total. The van der Waals surface area contributed by atoms with Crippen molar-refractivity contribution in [3.63, 3.8) is 0 Å². The van der Waals surface area contributed by atoms with Gasteiger partial charge in [-0.25, -0.2) is 19.9 Å². The first-order valence-corrected chi connectivity index (χ1v) is 17.8. The zero-order valence-corrected chi connectivity index (χ0v) is 28.2. The zero-order chi connectivity index (χ0) is 33.7. The number of hydrogen-bond acceptors (Lipinski definition) is 5. The fourth-order valence-electron chi connectivity index (χ4n) is 6.85. The second-order valence-electron chi connectivity index (χ2n) is 12.7. The van der Waals surface area contributed by atoms with Crippen LogP contribution in [0.1, 0.15) is 0 Å². The second-order valence-corrected chi connectivity index (χ2v) is 13.7. The van der Waals surface area contributed by atoms with E-state index in [-0.39, 0.29) is 0 Å². The van der Waals surface area contributed by atoms with Crippen LogP contribution in [0.2, 0.25) is 0 Å². The van der Waals surface area contributed by atoms with Crippen molar-refractivity contribution >= 4 is 53.9 Å². The molecule has 0 radical (unpaired) electrons. The van der Waals surface area contributed by atoms with Crippen LogP contribution in [-0.4, -0.2) is 19.9 Å². The van der Waals surface area contributed by atoms with Crippen molar-refractivity contribution in [3.8, 4) is 55.9 Å². The van der Waals surface area contributed by atoms with Gasteiger partial charge in [0.25, 0.3) is 0 Å². The average molecular weight is 669 g/mol. The molecular formula is C46H28N4S. The topological polar surface area (TPSA) is 51.6 Å². The lowest BCUT2D eigenvalue weighted by Gasteiger charge is -2.11. The van der Waals surface area contributed by atoms with Gasteiger partial charge in [0.05, 0.1) is 10.2 Å². The van der Waals surface area contributed by atoms with Gasteiger partial charge in [0.2, 0.25) is 0 Å². The summed E-state index contributed by atoms with van der Waals surface area (Å²) < 4.78 is 1.20. The molecule has 0 aliphatic rings. The number of thiazole rings is 1. The highest BCUT2D eigenvalue weighted by Gasteiger charge is 2.15. The summed E-state index contributed by atoms with van der Waals surface area (Å²) in [5.74, 6) is 1.93. The van der Waals surface area contributed by atoms with Gasteiger partial charge < -0.3 is 0 Å². The first-order chi connectivity index (χ1) is 25.2. The Hall–Kier alpha value is -6.56. The average Bonchev–Trinajstić information content (AvgIpc) is 3.66. The third-order valence-corrected chi connectivity index (χ3v) is 10.7. The highest BCUT2D eigenvalue weighted by Crippen LogP contribution is 2.37. The van der Waals surface area contributed by atoms with Gasteiger partial charge in [0.15, 0.2) is 17.5 Å². The van der Waals surface area contributed by atoms with E-state index in [0.717, 1.165) is 54.7 Å². The first-order valence-electron chi connectivity index (χ1n) is 17.0. The van der Waals surface area contributed by atoms with Crippen molar-refractivity contribution in [1.82, 2.24) is 19.9 Å². The molecule has 5 heteroatoms. The molecule has 0 aliphatic heterocycles. The molecule has 2 heterocycles. The molecule has 0 fully saturated rings. The Kier molecular flexibility index (Phi) is 6.96. The minimum Gasteiger partial charge on any atom is -0.236 e. The summed E-state index contributed by atoms with van der Waals surface area (Å²) in [7, 11) is 0. The van der Waals surface area contributed by atoms with E-state index in [9.17, 15) is 0 Å². The van der Waals surface area contributed by atoms with Crippen LogP contribution in [0.15, 0.2) is 170 Å². The molecular weight excluding hydrogens is 641 g/mol. The summed E-state index contributed by atoms with van der Waals surface area (Å²) in [4.78, 5) is 20.2. The maximum atomic E-state index is 5.10. The number of benzene rings is 8. The molecule has 10 rings (SSSR count). The summed E-state index contributed by atoms with van der Waals surface area (Å²) in [5, 5.41) is 8.09. The molecule has 10 aromatic rings. The SMILES string of the molecule is c1ccc(-c2nc3ccc4ccc(-c5cccc(-c6nc(-c7ccc8ccccc8c7)nc(-c7ccc8ccccc8c7)n6)c5)cc4c3s2)cc1. The van der Waals surface area contributed by atoms with Gasteiger partial charge in [-0.05, 0) is 68.4 Å². The molecule has 0 N–H and O–H groups in total. The fraction of sp³-hybridized carbons (Fsp3) is 0. The molecule has 51 heavy (non-hydrogen) atoms. The van der Waals surface area contributed by atoms with Crippen LogP contribution in [-0.2, 0) is 0 Å². The van der Waals surface area contributed by atoms with E-state index in [2.05, 4.69) is 164 Å². The standard InChI is InChI=1S/C46H28N4S/c1-2-11-32(12-3-1)46-47-41-24-23-31-19-20-36(28-40(31)42(41)51-46)35-15-8-16-37(27-35)43-48-44(38-21-17-29-9-4-6-13-33(29)25-38)50-45(49-43)39-22-18-30-10-5-7-14-34(30)26-39/h1-28H. The van der Waals surface area contributed by atoms with Crippen molar-refractivity contribution in [2.75, 3.05) is 0 Å². The quantitative estimate of drug-likeness (QED) is 0.183. The molecule has 0 saturated carbocycles. The van der Waals surface area contributed by atoms with E-state index in [0.29, 0.717) is 17.5 Å². The summed E-state index contributed by atoms with van der Waals surface area (Å²) in [6, 6.07) is 59.4. The molecule has 0 aliphatic carbocycles. The Balaban J connectivity index is 1.10. The zero-order valence-electron chi connectivity index (χ0n) is 27.4. The lowest BCUT2D eigenvalue weighted by molar-refractivity contribution is 1.08. The van der Waals surface area contributed by atoms with Crippen LogP contribution >= 0.6 is 11.3 Å². The monoisotopic (exact) mass is 668 g/mol. The Morgan fingerprint density at radius 2 is 0.804 bits per heavy atom. The van der Waals surface area contributed by atoms with Crippen molar-refractivity contribution < 1.29 is 0 Å². The van der Waals surface area contributed by atoms with Crippen LogP contribution in [0, 0.1) is 0 Å². The van der Waals surface area contributed by atoms with E-state index in [1.54, 1.807) is 11.3 Å². The minimum absolute atomic E-state index is 0.635. The predicted molar refractivity (Wildman–Crippen MR) is 213 cm³/mol. The summed E-state index contributed by atoms with van der Waals surface area (Å²) >= 11 is 1.75. The van der Waals surface area contributed by atoms with Gasteiger partial charge in [0.1, 0.15) is 5.01 Å². The molecule has 0 atom stereocenters. The van der Waals surface area contributed by atoms with Crippen LogP contribution < -0.4 is 0 Å². The Morgan fingerprint density at radius 1 is 0.314 bits per heavy atom. The normalized spacial score (nSPS) is 11.5. The molecule has 0 amide bonds. The Morgan fingerprint density at radius 3 is 1.47 bits per heavy atom. The van der Waals surface area contributed by atoms with Crippen LogP contribution in [0.3, 0.4) is 0 Å². The molecule has 0 saturated heterocycles. The predicted octanol–water partition coefficient (Wildman–Crippen LogP) is 12.3. The molecule has 2 aromatic heterocycles. The second kappa shape index (κ2) is 12.1. The number of nitrogens with zero attached hydrogens (tertiary/aromatic N) is 4. The van der Waals surface area contributed by atoms with Crippen molar-refractivity contribution in [1.29, 1.82) is 0 Å². The van der Waals surface area contributed by atoms with E-state index in [4.69, 9.17) is 19.9 Å². The van der Waals surface area contributed by atoms with Crippen molar-refractivity contribution in [2.24, 2.45) is 0 Å². The fourth-order valence-corrected chi connectivity index (χ4v) is 7.94. The van der Waals surface area contributed by atoms with Crippen LogP contribution in [0.5, 0.6) is 0 Å². The Bertz CT molecular complexity index is 2830. The molecule has 0 bridgehead atoms. The van der Waals surface area contributed by atoms with Gasteiger partial charge >= 0.3 is 0 Å². The maximum absolute atomic E-state index is 5.10. The molecule has 8 aromatic carbocycles. The number of hydrogen-bond donors (Lipinski definition) is 0. The van der Waals surface area contributed by atoms with E-state index in [1.165, 1.54) is 26.2 Å².